The molecule has 0 spiro atoms. The number of sulfone groups is 1. The van der Waals surface area contributed by atoms with E-state index < -0.39 is 15.7 Å². The minimum atomic E-state index is -3.58. The Morgan fingerprint density at radius 2 is 1.97 bits per heavy atom. The Balaban J connectivity index is 1.45. The van der Waals surface area contributed by atoms with E-state index in [1.54, 1.807) is 0 Å². The van der Waals surface area contributed by atoms with Crippen LogP contribution in [0.25, 0.3) is 0 Å². The summed E-state index contributed by atoms with van der Waals surface area (Å²) in [5, 5.41) is 4.03. The fourth-order valence-corrected chi connectivity index (χ4v) is 4.45. The summed E-state index contributed by atoms with van der Waals surface area (Å²) in [4.78, 5) is 6.31. The number of piperidine rings is 1. The molecule has 0 aliphatic carbocycles. The Kier molecular flexibility index (Phi) is 7.00. The first-order valence-corrected chi connectivity index (χ1v) is 12.2. The fraction of sp³-hybridized carbons (Fsp3) is 0.619. The van der Waals surface area contributed by atoms with E-state index in [2.05, 4.69) is 22.0 Å². The molecule has 2 aromatic rings. The Bertz CT molecular complexity index is 953. The van der Waals surface area contributed by atoms with Crippen molar-refractivity contribution in [2.45, 2.75) is 50.8 Å². The number of halogens is 1. The van der Waals surface area contributed by atoms with Gasteiger partial charge >= 0.3 is 6.01 Å². The third-order valence-corrected chi connectivity index (χ3v) is 6.84. The van der Waals surface area contributed by atoms with E-state index in [4.69, 9.17) is 9.26 Å². The van der Waals surface area contributed by atoms with E-state index in [1.165, 1.54) is 12.1 Å². The van der Waals surface area contributed by atoms with Crippen LogP contribution in [0.3, 0.4) is 0 Å². The molecule has 1 aromatic carbocycles. The van der Waals surface area contributed by atoms with Crippen molar-refractivity contribution in [3.63, 3.8) is 0 Å². The van der Waals surface area contributed by atoms with E-state index >= 15 is 0 Å². The fourth-order valence-electron chi connectivity index (χ4n) is 3.72. The van der Waals surface area contributed by atoms with Crippen LogP contribution in [0.15, 0.2) is 27.6 Å². The Labute approximate surface area is 177 Å². The highest BCUT2D eigenvalue weighted by atomic mass is 32.2. The van der Waals surface area contributed by atoms with Gasteiger partial charge in [0.2, 0.25) is 0 Å². The average molecular weight is 440 g/mol. The van der Waals surface area contributed by atoms with Gasteiger partial charge in [-0.05, 0) is 43.2 Å². The van der Waals surface area contributed by atoms with Crippen LogP contribution in [0.1, 0.15) is 51.8 Å². The molecule has 3 rings (SSSR count). The minimum Gasteiger partial charge on any atom is -0.493 e. The lowest BCUT2D eigenvalue weighted by atomic mass is 9.84. The zero-order chi connectivity index (χ0) is 21.9. The number of hydrogen-bond acceptors (Lipinski definition) is 7. The van der Waals surface area contributed by atoms with Crippen LogP contribution >= 0.6 is 0 Å². The molecule has 9 heteroatoms. The molecule has 0 radical (unpaired) electrons. The maximum Gasteiger partial charge on any atom is 0.324 e. The Hall–Kier alpha value is -2.16. The second-order valence-corrected chi connectivity index (χ2v) is 10.4. The summed E-state index contributed by atoms with van der Waals surface area (Å²) in [6.07, 6.45) is 3.91. The molecule has 0 unspecified atom stereocenters. The van der Waals surface area contributed by atoms with Crippen molar-refractivity contribution in [1.29, 1.82) is 0 Å². The summed E-state index contributed by atoms with van der Waals surface area (Å²) >= 11 is 0. The highest BCUT2D eigenvalue weighted by Gasteiger charge is 2.26. The lowest BCUT2D eigenvalue weighted by Gasteiger charge is -2.33. The van der Waals surface area contributed by atoms with Crippen LogP contribution < -0.4 is 9.64 Å². The third kappa shape index (κ3) is 5.50. The van der Waals surface area contributed by atoms with E-state index in [0.717, 1.165) is 50.5 Å². The summed E-state index contributed by atoms with van der Waals surface area (Å²) < 4.78 is 48.0. The standard InChI is InChI=1S/C21H30FN3O4S/c1-14(2)20-23-21(29-24-20)25-10-7-16(8-11-25)15(3)9-12-28-17-5-6-19(18(22)13-17)30(4,26)27/h5-6,13-16H,7-12H2,1-4H3/t15-/m1/s1. The number of ether oxygens (including phenoxy) is 1. The zero-order valence-electron chi connectivity index (χ0n) is 18.0. The smallest absolute Gasteiger partial charge is 0.324 e. The van der Waals surface area contributed by atoms with Crippen molar-refractivity contribution in [1.82, 2.24) is 10.1 Å². The molecule has 166 valence electrons. The summed E-state index contributed by atoms with van der Waals surface area (Å²) in [5.41, 5.74) is 0. The van der Waals surface area contributed by atoms with Gasteiger partial charge in [0.15, 0.2) is 15.7 Å². The predicted molar refractivity (Wildman–Crippen MR) is 112 cm³/mol. The second kappa shape index (κ2) is 9.32. The molecule has 1 saturated heterocycles. The lowest BCUT2D eigenvalue weighted by molar-refractivity contribution is 0.220. The monoisotopic (exact) mass is 439 g/mol. The van der Waals surface area contributed by atoms with E-state index in [0.29, 0.717) is 30.2 Å². The van der Waals surface area contributed by atoms with Crippen molar-refractivity contribution in [2.24, 2.45) is 11.8 Å². The van der Waals surface area contributed by atoms with Crippen molar-refractivity contribution < 1.29 is 22.1 Å². The van der Waals surface area contributed by atoms with Gasteiger partial charge in [-0.15, -0.1) is 0 Å². The summed E-state index contributed by atoms with van der Waals surface area (Å²) in [5.74, 6) is 1.58. The molecular weight excluding hydrogens is 409 g/mol. The van der Waals surface area contributed by atoms with E-state index in [-0.39, 0.29) is 10.8 Å². The topological polar surface area (TPSA) is 85.5 Å². The van der Waals surface area contributed by atoms with Crippen LogP contribution in [0.4, 0.5) is 10.4 Å². The predicted octanol–water partition coefficient (Wildman–Crippen LogP) is 4.06. The first-order chi connectivity index (χ1) is 14.1. The van der Waals surface area contributed by atoms with Crippen LogP contribution in [-0.2, 0) is 9.84 Å². The van der Waals surface area contributed by atoms with Gasteiger partial charge in [0.25, 0.3) is 0 Å². The molecule has 0 saturated carbocycles. The number of nitrogens with zero attached hydrogens (tertiary/aromatic N) is 3. The maximum absolute atomic E-state index is 14.0. The van der Waals surface area contributed by atoms with Gasteiger partial charge in [0, 0.05) is 31.3 Å². The first-order valence-electron chi connectivity index (χ1n) is 10.4. The minimum absolute atomic E-state index is 0.246. The molecule has 7 nitrogen and oxygen atoms in total. The number of benzene rings is 1. The summed E-state index contributed by atoms with van der Waals surface area (Å²) in [7, 11) is -3.58. The normalized spacial score (nSPS) is 16.8. The van der Waals surface area contributed by atoms with Gasteiger partial charge in [0.1, 0.15) is 16.5 Å². The van der Waals surface area contributed by atoms with Crippen LogP contribution in [0.2, 0.25) is 0 Å². The molecule has 0 bridgehead atoms. The SMILES string of the molecule is CC(C)c1noc(N2CCC([C@H](C)CCOc3ccc(S(C)(=O)=O)c(F)c3)CC2)n1. The van der Waals surface area contributed by atoms with Gasteiger partial charge < -0.3 is 14.2 Å². The summed E-state index contributed by atoms with van der Waals surface area (Å²) in [6.45, 7) is 8.51. The molecule has 1 aliphatic heterocycles. The Morgan fingerprint density at radius 1 is 1.27 bits per heavy atom. The van der Waals surface area contributed by atoms with Crippen molar-refractivity contribution in [3.8, 4) is 5.75 Å². The van der Waals surface area contributed by atoms with E-state index in [1.807, 2.05) is 13.8 Å². The largest absolute Gasteiger partial charge is 0.493 e. The molecule has 1 aliphatic rings. The van der Waals surface area contributed by atoms with Gasteiger partial charge in [-0.25, -0.2) is 12.8 Å². The maximum atomic E-state index is 14.0. The zero-order valence-corrected chi connectivity index (χ0v) is 18.8. The van der Waals surface area contributed by atoms with E-state index in [9.17, 15) is 12.8 Å². The highest BCUT2D eigenvalue weighted by molar-refractivity contribution is 7.90. The number of aromatic nitrogens is 2. The number of anilines is 1. The van der Waals surface area contributed by atoms with Crippen molar-refractivity contribution in [2.75, 3.05) is 30.9 Å². The average Bonchev–Trinajstić information content (AvgIpc) is 3.18. The molecule has 1 aromatic heterocycles. The van der Waals surface area contributed by atoms with Crippen molar-refractivity contribution >= 4 is 15.9 Å². The summed E-state index contributed by atoms with van der Waals surface area (Å²) in [6, 6.07) is 4.49. The molecule has 0 amide bonds. The van der Waals surface area contributed by atoms with Gasteiger partial charge in [-0.2, -0.15) is 4.98 Å². The van der Waals surface area contributed by atoms with Gasteiger partial charge in [0.05, 0.1) is 6.61 Å². The van der Waals surface area contributed by atoms with Crippen molar-refractivity contribution in [3.05, 3.63) is 29.8 Å². The number of hydrogen-bond donors (Lipinski definition) is 0. The second-order valence-electron chi connectivity index (χ2n) is 8.39. The van der Waals surface area contributed by atoms with Gasteiger partial charge in [-0.3, -0.25) is 0 Å². The van der Waals surface area contributed by atoms with Crippen LogP contribution in [0, 0.1) is 17.7 Å². The Morgan fingerprint density at radius 3 is 2.53 bits per heavy atom. The molecule has 2 heterocycles. The third-order valence-electron chi connectivity index (χ3n) is 5.71. The van der Waals surface area contributed by atoms with Crippen LogP contribution in [-0.4, -0.2) is 44.5 Å². The first kappa shape index (κ1) is 22.5. The molecule has 30 heavy (non-hydrogen) atoms. The molecule has 1 fully saturated rings. The van der Waals surface area contributed by atoms with Crippen LogP contribution in [0.5, 0.6) is 5.75 Å². The molecule has 0 N–H and O–H groups in total. The number of rotatable bonds is 8. The highest BCUT2D eigenvalue weighted by Crippen LogP contribution is 2.30. The molecular formula is C21H30FN3O4S. The lowest BCUT2D eigenvalue weighted by Crippen LogP contribution is -2.36. The molecule has 1 atom stereocenters. The van der Waals surface area contributed by atoms with Gasteiger partial charge in [-0.1, -0.05) is 25.9 Å². The quantitative estimate of drug-likeness (QED) is 0.613.